The van der Waals surface area contributed by atoms with E-state index in [4.69, 9.17) is 9.84 Å². The van der Waals surface area contributed by atoms with Crippen molar-refractivity contribution < 1.29 is 14.6 Å². The van der Waals surface area contributed by atoms with Crippen molar-refractivity contribution >= 4 is 5.97 Å². The Morgan fingerprint density at radius 1 is 0.808 bits per heavy atom. The lowest BCUT2D eigenvalue weighted by atomic mass is 10.1. The number of aliphatic carboxylic acids is 1. The summed E-state index contributed by atoms with van der Waals surface area (Å²) in [4.78, 5) is 10.8. The van der Waals surface area contributed by atoms with Crippen molar-refractivity contribution in [1.29, 1.82) is 0 Å². The summed E-state index contributed by atoms with van der Waals surface area (Å²) in [6.45, 7) is 2.15. The number of methoxy groups -OCH3 is 1. The molecule has 1 atom stereocenters. The molecule has 3 heteroatoms. The fourth-order valence-electron chi connectivity index (χ4n) is 2.30. The molecule has 0 rings (SSSR count). The zero-order chi connectivity index (χ0) is 19.3. The molecule has 3 nitrogen and oxygen atoms in total. The molecule has 0 heterocycles. The minimum Gasteiger partial charge on any atom is -0.479 e. The van der Waals surface area contributed by atoms with Gasteiger partial charge in [-0.3, -0.25) is 0 Å². The molecule has 0 saturated heterocycles. The van der Waals surface area contributed by atoms with Gasteiger partial charge in [0.25, 0.3) is 0 Å². The van der Waals surface area contributed by atoms with E-state index in [9.17, 15) is 4.79 Å². The highest BCUT2D eigenvalue weighted by Crippen LogP contribution is 2.07. The quantitative estimate of drug-likeness (QED) is 0.256. The molecule has 0 aliphatic rings. The van der Waals surface area contributed by atoms with E-state index in [0.29, 0.717) is 6.42 Å². The molecule has 0 aromatic heterocycles. The van der Waals surface area contributed by atoms with Crippen LogP contribution in [0.25, 0.3) is 0 Å². The number of carboxylic acids is 1. The maximum atomic E-state index is 10.8. The van der Waals surface area contributed by atoms with Gasteiger partial charge < -0.3 is 9.84 Å². The lowest BCUT2D eigenvalue weighted by Crippen LogP contribution is -2.21. The average molecular weight is 361 g/mol. The molecule has 0 fully saturated rings. The van der Waals surface area contributed by atoms with Crippen LogP contribution in [0.3, 0.4) is 0 Å². The van der Waals surface area contributed by atoms with Gasteiger partial charge in [0.2, 0.25) is 0 Å². The Morgan fingerprint density at radius 3 is 1.69 bits per heavy atom. The van der Waals surface area contributed by atoms with Gasteiger partial charge in [0.1, 0.15) is 0 Å². The Balaban J connectivity index is 3.54. The summed E-state index contributed by atoms with van der Waals surface area (Å²) in [5.74, 6) is -0.873. The van der Waals surface area contributed by atoms with Gasteiger partial charge in [-0.15, -0.1) is 0 Å². The van der Waals surface area contributed by atoms with E-state index < -0.39 is 12.1 Å². The maximum Gasteiger partial charge on any atom is 0.332 e. The molecule has 0 radical (unpaired) electrons. The SMILES string of the molecule is CCC=CCC=CCC=CCC=CCC=CCCCCC(OC)C(=O)O. The van der Waals surface area contributed by atoms with Crippen LogP contribution >= 0.6 is 0 Å². The minimum atomic E-state index is -0.873. The second kappa shape index (κ2) is 19.5. The van der Waals surface area contributed by atoms with Crippen molar-refractivity contribution in [2.45, 2.75) is 70.8 Å². The molecule has 0 bridgehead atoms. The van der Waals surface area contributed by atoms with E-state index in [1.807, 2.05) is 0 Å². The molecular weight excluding hydrogens is 324 g/mol. The van der Waals surface area contributed by atoms with Crippen LogP contribution in [0.2, 0.25) is 0 Å². The van der Waals surface area contributed by atoms with Gasteiger partial charge in [-0.2, -0.15) is 0 Å². The van der Waals surface area contributed by atoms with E-state index in [-0.39, 0.29) is 0 Å². The predicted octanol–water partition coefficient (Wildman–Crippen LogP) is 6.40. The smallest absolute Gasteiger partial charge is 0.332 e. The Kier molecular flexibility index (Phi) is 18.1. The van der Waals surface area contributed by atoms with Crippen LogP contribution < -0.4 is 0 Å². The van der Waals surface area contributed by atoms with Crippen LogP contribution in [0.1, 0.15) is 64.7 Å². The number of hydrogen-bond acceptors (Lipinski definition) is 2. The number of ether oxygens (including phenoxy) is 1. The van der Waals surface area contributed by atoms with Crippen LogP contribution in [0.4, 0.5) is 0 Å². The number of hydrogen-bond donors (Lipinski definition) is 1. The predicted molar refractivity (Wildman–Crippen MR) is 111 cm³/mol. The number of allylic oxidation sites excluding steroid dienone is 10. The fourth-order valence-corrected chi connectivity index (χ4v) is 2.30. The van der Waals surface area contributed by atoms with Crippen molar-refractivity contribution in [2.24, 2.45) is 0 Å². The van der Waals surface area contributed by atoms with Crippen molar-refractivity contribution in [3.05, 3.63) is 60.8 Å². The summed E-state index contributed by atoms with van der Waals surface area (Å²) < 4.78 is 4.91. The molecule has 0 amide bonds. The molecule has 0 aromatic rings. The Labute approximate surface area is 159 Å². The number of rotatable bonds is 16. The fraction of sp³-hybridized carbons (Fsp3) is 0.522. The highest BCUT2D eigenvalue weighted by atomic mass is 16.5. The Morgan fingerprint density at radius 2 is 1.27 bits per heavy atom. The first-order chi connectivity index (χ1) is 12.7. The van der Waals surface area contributed by atoms with Crippen molar-refractivity contribution in [3.8, 4) is 0 Å². The van der Waals surface area contributed by atoms with E-state index in [2.05, 4.69) is 67.7 Å². The first kappa shape index (κ1) is 24.1. The zero-order valence-electron chi connectivity index (χ0n) is 16.5. The Bertz CT molecular complexity index is 470. The first-order valence-corrected chi connectivity index (χ1v) is 9.72. The third-order valence-corrected chi connectivity index (χ3v) is 3.80. The van der Waals surface area contributed by atoms with Crippen molar-refractivity contribution in [2.75, 3.05) is 7.11 Å². The van der Waals surface area contributed by atoms with Gasteiger partial charge in [0, 0.05) is 7.11 Å². The average Bonchev–Trinajstić information content (AvgIpc) is 2.63. The van der Waals surface area contributed by atoms with Crippen molar-refractivity contribution in [3.63, 3.8) is 0 Å². The topological polar surface area (TPSA) is 46.5 Å². The molecular formula is C23H36O3. The molecule has 1 unspecified atom stereocenters. The largest absolute Gasteiger partial charge is 0.479 e. The third kappa shape index (κ3) is 17.0. The number of unbranched alkanes of at least 4 members (excludes halogenated alkanes) is 2. The van der Waals surface area contributed by atoms with Crippen LogP contribution in [0.5, 0.6) is 0 Å². The Hall–Kier alpha value is -1.87. The first-order valence-electron chi connectivity index (χ1n) is 9.72. The van der Waals surface area contributed by atoms with Crippen LogP contribution in [0.15, 0.2) is 60.8 Å². The second-order valence-corrected chi connectivity index (χ2v) is 6.06. The summed E-state index contributed by atoms with van der Waals surface area (Å²) in [6, 6.07) is 0. The number of carboxylic acid groups (broad SMARTS) is 1. The molecule has 0 aromatic carbocycles. The molecule has 26 heavy (non-hydrogen) atoms. The van der Waals surface area contributed by atoms with Crippen molar-refractivity contribution in [1.82, 2.24) is 0 Å². The van der Waals surface area contributed by atoms with Gasteiger partial charge in [-0.05, 0) is 57.8 Å². The second-order valence-electron chi connectivity index (χ2n) is 6.06. The molecule has 0 aliphatic heterocycles. The van der Waals surface area contributed by atoms with E-state index >= 15 is 0 Å². The van der Waals surface area contributed by atoms with Gasteiger partial charge in [-0.25, -0.2) is 4.79 Å². The molecule has 1 N–H and O–H groups in total. The van der Waals surface area contributed by atoms with E-state index in [0.717, 1.165) is 51.4 Å². The molecule has 0 saturated carbocycles. The third-order valence-electron chi connectivity index (χ3n) is 3.80. The van der Waals surface area contributed by atoms with Crippen LogP contribution in [-0.2, 0) is 9.53 Å². The summed E-state index contributed by atoms with van der Waals surface area (Å²) in [5.41, 5.74) is 0. The summed E-state index contributed by atoms with van der Waals surface area (Å²) in [6.07, 6.45) is 29.7. The molecule has 0 spiro atoms. The summed E-state index contributed by atoms with van der Waals surface area (Å²) in [7, 11) is 1.45. The highest BCUT2D eigenvalue weighted by molar-refractivity contribution is 5.72. The normalized spacial score (nSPS) is 13.9. The number of carbonyl (C=O) groups is 1. The standard InChI is InChI=1S/C23H36O3/c1-3-4-5-6-7-8-9-10-11-12-13-14-15-16-17-18-19-20-21-22(26-2)23(24)25/h4-5,7-8,10-11,13-14,16-17,22H,3,6,9,12,15,18-21H2,1-2H3,(H,24,25). The maximum absolute atomic E-state index is 10.8. The summed E-state index contributed by atoms with van der Waals surface area (Å²) >= 11 is 0. The van der Waals surface area contributed by atoms with Gasteiger partial charge in [-0.1, -0.05) is 67.7 Å². The van der Waals surface area contributed by atoms with Gasteiger partial charge in [0.05, 0.1) is 0 Å². The van der Waals surface area contributed by atoms with Crippen LogP contribution in [0, 0.1) is 0 Å². The molecule has 0 aliphatic carbocycles. The highest BCUT2D eigenvalue weighted by Gasteiger charge is 2.14. The van der Waals surface area contributed by atoms with E-state index in [1.54, 1.807) is 0 Å². The zero-order valence-corrected chi connectivity index (χ0v) is 16.5. The van der Waals surface area contributed by atoms with Gasteiger partial charge in [0.15, 0.2) is 6.10 Å². The minimum absolute atomic E-state index is 0.580. The van der Waals surface area contributed by atoms with E-state index in [1.165, 1.54) is 7.11 Å². The van der Waals surface area contributed by atoms with Crippen LogP contribution in [-0.4, -0.2) is 24.3 Å². The lowest BCUT2D eigenvalue weighted by molar-refractivity contribution is -0.148. The van der Waals surface area contributed by atoms with Gasteiger partial charge >= 0.3 is 5.97 Å². The molecule has 146 valence electrons. The lowest BCUT2D eigenvalue weighted by Gasteiger charge is -2.08. The summed E-state index contributed by atoms with van der Waals surface area (Å²) in [5, 5.41) is 8.86. The monoisotopic (exact) mass is 360 g/mol.